The third-order valence-electron chi connectivity index (χ3n) is 3.66. The second kappa shape index (κ2) is 8.18. The Morgan fingerprint density at radius 3 is 1.88 bits per heavy atom. The molecule has 136 valence electrons. The van der Waals surface area contributed by atoms with Crippen molar-refractivity contribution in [3.63, 3.8) is 0 Å². The number of rotatable bonds is 5. The van der Waals surface area contributed by atoms with Crippen LogP contribution in [0.5, 0.6) is 0 Å². The fourth-order valence-electron chi connectivity index (χ4n) is 2.25. The fraction of sp³-hybridized carbons (Fsp3) is 0.0526. The van der Waals surface area contributed by atoms with Gasteiger partial charge in [0.05, 0.1) is 0 Å². The van der Waals surface area contributed by atoms with Crippen LogP contribution in [0.2, 0.25) is 0 Å². The van der Waals surface area contributed by atoms with Gasteiger partial charge in [0.15, 0.2) is 0 Å². The van der Waals surface area contributed by atoms with Gasteiger partial charge in [-0.15, -0.1) is 0 Å². The second-order valence-corrected chi connectivity index (χ2v) is 11.6. The SMILES string of the molecule is Cc1ccc(S(=O)(=O)OI(O)c2ccc(-c3ccc(Br)cc3)cc2)cc1. The summed E-state index contributed by atoms with van der Waals surface area (Å²) in [6.45, 7) is 1.87. The summed E-state index contributed by atoms with van der Waals surface area (Å²) in [6.07, 6.45) is 0. The Morgan fingerprint density at radius 2 is 1.35 bits per heavy atom. The molecule has 3 aromatic carbocycles. The molecule has 0 saturated heterocycles. The first-order valence-electron chi connectivity index (χ1n) is 7.62. The van der Waals surface area contributed by atoms with E-state index in [1.54, 1.807) is 24.3 Å². The second-order valence-electron chi connectivity index (χ2n) is 5.57. The molecule has 0 fully saturated rings. The van der Waals surface area contributed by atoms with Gasteiger partial charge in [-0.2, -0.15) is 0 Å². The van der Waals surface area contributed by atoms with E-state index >= 15 is 0 Å². The number of benzene rings is 3. The molecule has 0 aliphatic rings. The van der Waals surface area contributed by atoms with Crippen molar-refractivity contribution in [2.45, 2.75) is 11.8 Å². The zero-order valence-electron chi connectivity index (χ0n) is 13.8. The average Bonchev–Trinajstić information content (AvgIpc) is 2.62. The maximum atomic E-state index is 12.3. The molecule has 0 amide bonds. The third-order valence-corrected chi connectivity index (χ3v) is 9.55. The van der Waals surface area contributed by atoms with Crippen LogP contribution < -0.4 is 0 Å². The molecule has 1 N–H and O–H groups in total. The van der Waals surface area contributed by atoms with E-state index in [-0.39, 0.29) is 4.90 Å². The molecule has 0 radical (unpaired) electrons. The third kappa shape index (κ3) is 4.72. The van der Waals surface area contributed by atoms with E-state index < -0.39 is 30.8 Å². The van der Waals surface area contributed by atoms with Crippen LogP contribution in [0.15, 0.2) is 82.2 Å². The molecule has 0 spiro atoms. The summed E-state index contributed by atoms with van der Waals surface area (Å²) in [4.78, 5) is 0.0472. The Labute approximate surface area is 169 Å². The zero-order valence-corrected chi connectivity index (χ0v) is 18.3. The van der Waals surface area contributed by atoms with Gasteiger partial charge in [0.2, 0.25) is 0 Å². The number of hydrogen-bond acceptors (Lipinski definition) is 4. The Morgan fingerprint density at radius 1 is 0.846 bits per heavy atom. The van der Waals surface area contributed by atoms with Crippen LogP contribution in [-0.4, -0.2) is 11.9 Å². The summed E-state index contributed by atoms with van der Waals surface area (Å²) in [6, 6.07) is 21.3. The normalized spacial score (nSPS) is 12.0. The van der Waals surface area contributed by atoms with Crippen LogP contribution in [0.4, 0.5) is 0 Å². The number of hydrogen-bond donors (Lipinski definition) is 1. The van der Waals surface area contributed by atoms with Crippen molar-refractivity contribution >= 4 is 46.7 Å². The molecule has 3 aromatic rings. The molecule has 0 aliphatic carbocycles. The molecule has 0 bridgehead atoms. The summed E-state index contributed by atoms with van der Waals surface area (Å²) in [5.74, 6) is 0. The zero-order chi connectivity index (χ0) is 18.7. The molecule has 0 unspecified atom stereocenters. The standard InChI is InChI=1S/C19H16BrIO4S/c1-14-2-12-19(13-3-14)26(23,24)25-21(22)18-10-6-16(7-11-18)15-4-8-17(20)9-5-15/h2-13,22H,1H3. The van der Waals surface area contributed by atoms with Crippen molar-refractivity contribution in [1.82, 2.24) is 0 Å². The molecular formula is C19H16BrIO4S. The minimum absolute atomic E-state index is 0.0472. The Hall–Kier alpha value is -1.26. The Kier molecular flexibility index (Phi) is 6.13. The van der Waals surface area contributed by atoms with Crippen LogP contribution in [0.25, 0.3) is 11.1 Å². The van der Waals surface area contributed by atoms with E-state index in [1.807, 2.05) is 43.3 Å². The summed E-state index contributed by atoms with van der Waals surface area (Å²) in [5.41, 5.74) is 2.96. The predicted molar refractivity (Wildman–Crippen MR) is 114 cm³/mol. The van der Waals surface area contributed by atoms with Crippen LogP contribution in [0, 0.1) is 10.5 Å². The van der Waals surface area contributed by atoms with Crippen LogP contribution >= 0.6 is 36.6 Å². The molecule has 7 heteroatoms. The van der Waals surface area contributed by atoms with Gasteiger partial charge in [0.25, 0.3) is 0 Å². The predicted octanol–water partition coefficient (Wildman–Crippen LogP) is 5.33. The van der Waals surface area contributed by atoms with Crippen molar-refractivity contribution < 1.29 is 14.4 Å². The molecular weight excluding hydrogens is 531 g/mol. The number of aryl methyl sites for hydroxylation is 1. The summed E-state index contributed by atoms with van der Waals surface area (Å²) in [7, 11) is -3.98. The van der Waals surface area contributed by atoms with E-state index in [0.717, 1.165) is 21.2 Å². The minimum atomic E-state index is -3.98. The van der Waals surface area contributed by atoms with E-state index in [4.69, 9.17) is 2.51 Å². The van der Waals surface area contributed by atoms with E-state index in [0.29, 0.717) is 3.57 Å². The van der Waals surface area contributed by atoms with Crippen LogP contribution in [-0.2, 0) is 12.6 Å². The monoisotopic (exact) mass is 546 g/mol. The summed E-state index contributed by atoms with van der Waals surface area (Å²) < 4.78 is 41.5. The van der Waals surface area contributed by atoms with Gasteiger partial charge in [-0.1, -0.05) is 0 Å². The van der Waals surface area contributed by atoms with Gasteiger partial charge < -0.3 is 0 Å². The maximum absolute atomic E-state index is 12.3. The number of halogens is 2. The molecule has 26 heavy (non-hydrogen) atoms. The van der Waals surface area contributed by atoms with E-state index in [9.17, 15) is 11.9 Å². The topological polar surface area (TPSA) is 63.6 Å². The molecule has 0 atom stereocenters. The molecule has 0 aliphatic heterocycles. The summed E-state index contributed by atoms with van der Waals surface area (Å²) in [5, 5.41) is 0. The van der Waals surface area contributed by atoms with Crippen molar-refractivity contribution in [2.75, 3.05) is 0 Å². The van der Waals surface area contributed by atoms with E-state index in [1.165, 1.54) is 12.1 Å². The van der Waals surface area contributed by atoms with Gasteiger partial charge in [-0.3, -0.25) is 0 Å². The van der Waals surface area contributed by atoms with Gasteiger partial charge in [0.1, 0.15) is 0 Å². The molecule has 3 rings (SSSR count). The quantitative estimate of drug-likeness (QED) is 0.439. The molecule has 0 saturated carbocycles. The first-order valence-corrected chi connectivity index (χ1v) is 12.7. The van der Waals surface area contributed by atoms with Gasteiger partial charge in [-0.05, 0) is 0 Å². The first kappa shape index (κ1) is 19.5. The molecule has 0 heterocycles. The van der Waals surface area contributed by atoms with Crippen molar-refractivity contribution in [1.29, 1.82) is 0 Å². The fourth-order valence-corrected chi connectivity index (χ4v) is 6.85. The average molecular weight is 547 g/mol. The van der Waals surface area contributed by atoms with E-state index in [2.05, 4.69) is 15.9 Å². The Balaban J connectivity index is 1.76. The van der Waals surface area contributed by atoms with Gasteiger partial charge in [0, 0.05) is 0 Å². The van der Waals surface area contributed by atoms with Crippen LogP contribution in [0.1, 0.15) is 5.56 Å². The van der Waals surface area contributed by atoms with Crippen molar-refractivity contribution in [3.05, 3.63) is 86.4 Å². The summed E-state index contributed by atoms with van der Waals surface area (Å²) >= 11 is 0.120. The first-order chi connectivity index (χ1) is 12.3. The Bertz CT molecular complexity index is 985. The molecule has 0 aromatic heterocycles. The van der Waals surface area contributed by atoms with Gasteiger partial charge in [-0.25, -0.2) is 0 Å². The van der Waals surface area contributed by atoms with Gasteiger partial charge >= 0.3 is 170 Å². The van der Waals surface area contributed by atoms with Crippen LogP contribution in [0.3, 0.4) is 0 Å². The van der Waals surface area contributed by atoms with Crippen molar-refractivity contribution in [3.8, 4) is 11.1 Å². The van der Waals surface area contributed by atoms with Crippen molar-refractivity contribution in [2.24, 2.45) is 0 Å². The molecule has 4 nitrogen and oxygen atoms in total.